The van der Waals surface area contributed by atoms with Crippen LogP contribution in [0.15, 0.2) is 11.9 Å². The molecule has 0 spiro atoms. The maximum absolute atomic E-state index is 5.46. The predicted molar refractivity (Wildman–Crippen MR) is 39.1 cm³/mol. The number of hydrogen-bond acceptors (Lipinski definition) is 3. The van der Waals surface area contributed by atoms with Gasteiger partial charge in [-0.25, -0.2) is 5.84 Å². The largest absolute Gasteiger partial charge is 0.401 e. The highest BCUT2D eigenvalue weighted by Gasteiger charge is 1.87. The monoisotopic (exact) mass is 129 g/mol. The normalized spacial score (nSPS) is 11.7. The molecular formula is C6H15N3. The number of hydrazine groups is 1. The molecule has 0 aromatic carbocycles. The van der Waals surface area contributed by atoms with Crippen molar-refractivity contribution in [3.63, 3.8) is 0 Å². The maximum atomic E-state index is 5.46. The number of nitrogens with two attached hydrogens (primary N) is 2. The lowest BCUT2D eigenvalue weighted by molar-refractivity contribution is 0.390. The molecule has 0 aromatic heterocycles. The Balaban J connectivity index is 3.49. The van der Waals surface area contributed by atoms with E-state index in [-0.39, 0.29) is 0 Å². The predicted octanol–water partition coefficient (Wildman–Crippen LogP) is 0.392. The second kappa shape index (κ2) is 4.21. The Bertz CT molecular complexity index is 94.5. The van der Waals surface area contributed by atoms with E-state index in [9.17, 15) is 0 Å². The topological polar surface area (TPSA) is 55.3 Å². The molecule has 0 aliphatic rings. The van der Waals surface area contributed by atoms with E-state index in [1.165, 1.54) is 0 Å². The summed E-state index contributed by atoms with van der Waals surface area (Å²) in [6, 6.07) is 0. The van der Waals surface area contributed by atoms with Gasteiger partial charge in [-0.1, -0.05) is 6.92 Å². The van der Waals surface area contributed by atoms with Crippen LogP contribution in [0.3, 0.4) is 0 Å². The van der Waals surface area contributed by atoms with Crippen molar-refractivity contribution in [3.8, 4) is 0 Å². The summed E-state index contributed by atoms with van der Waals surface area (Å²) in [5.41, 5.74) is 6.10. The van der Waals surface area contributed by atoms with Gasteiger partial charge in [-0.05, 0) is 13.3 Å². The van der Waals surface area contributed by atoms with Crippen molar-refractivity contribution < 1.29 is 0 Å². The molecule has 4 N–H and O–H groups in total. The molecule has 0 saturated carbocycles. The van der Waals surface area contributed by atoms with Crippen molar-refractivity contribution in [2.24, 2.45) is 11.6 Å². The summed E-state index contributed by atoms with van der Waals surface area (Å²) >= 11 is 0. The highest BCUT2D eigenvalue weighted by molar-refractivity contribution is 4.89. The van der Waals surface area contributed by atoms with E-state index in [0.29, 0.717) is 0 Å². The fourth-order valence-corrected chi connectivity index (χ4v) is 0.584. The third-order valence-corrected chi connectivity index (χ3v) is 0.851. The molecule has 0 saturated heterocycles. The molecule has 3 nitrogen and oxygen atoms in total. The van der Waals surface area contributed by atoms with Crippen LogP contribution >= 0.6 is 0 Å². The quantitative estimate of drug-likeness (QED) is 0.428. The van der Waals surface area contributed by atoms with Crippen molar-refractivity contribution in [3.05, 3.63) is 11.9 Å². The van der Waals surface area contributed by atoms with E-state index in [0.717, 1.165) is 18.7 Å². The van der Waals surface area contributed by atoms with Gasteiger partial charge in [-0.3, -0.25) is 0 Å². The molecule has 0 fully saturated rings. The van der Waals surface area contributed by atoms with Gasteiger partial charge < -0.3 is 10.7 Å². The first-order valence-electron chi connectivity index (χ1n) is 3.12. The van der Waals surface area contributed by atoms with Crippen LogP contribution in [0.2, 0.25) is 0 Å². The lowest BCUT2D eigenvalue weighted by atomic mass is 10.4. The summed E-state index contributed by atoms with van der Waals surface area (Å²) in [4.78, 5) is 0. The van der Waals surface area contributed by atoms with E-state index < -0.39 is 0 Å². The summed E-state index contributed by atoms with van der Waals surface area (Å²) in [7, 11) is 0. The van der Waals surface area contributed by atoms with Crippen molar-refractivity contribution in [2.45, 2.75) is 20.3 Å². The summed E-state index contributed by atoms with van der Waals surface area (Å²) in [5, 5.41) is 1.59. The third-order valence-electron chi connectivity index (χ3n) is 0.851. The Morgan fingerprint density at radius 3 is 2.56 bits per heavy atom. The molecule has 0 aliphatic heterocycles. The van der Waals surface area contributed by atoms with Gasteiger partial charge in [0.05, 0.1) is 0 Å². The van der Waals surface area contributed by atoms with E-state index >= 15 is 0 Å². The molecule has 0 atom stereocenters. The van der Waals surface area contributed by atoms with Crippen molar-refractivity contribution >= 4 is 0 Å². The average molecular weight is 129 g/mol. The Kier molecular flexibility index (Phi) is 3.88. The van der Waals surface area contributed by atoms with Crippen LogP contribution in [0.4, 0.5) is 0 Å². The number of hydrogen-bond donors (Lipinski definition) is 2. The lowest BCUT2D eigenvalue weighted by Gasteiger charge is -2.11. The van der Waals surface area contributed by atoms with Crippen molar-refractivity contribution in [2.75, 3.05) is 6.54 Å². The molecule has 0 heterocycles. The number of nitrogens with zero attached hydrogens (tertiary/aromatic N) is 1. The van der Waals surface area contributed by atoms with Crippen LogP contribution in [0.5, 0.6) is 0 Å². The summed E-state index contributed by atoms with van der Waals surface area (Å²) in [5.74, 6) is 5.46. The molecule has 0 rings (SSSR count). The van der Waals surface area contributed by atoms with E-state index in [2.05, 4.69) is 6.92 Å². The molecular weight excluding hydrogens is 114 g/mol. The number of allylic oxidation sites excluding steroid dienone is 1. The first-order valence-corrected chi connectivity index (χ1v) is 3.12. The standard InChI is InChI=1S/C6H15N3/c1-3-4-9(8)5-6(2)7/h5H,3-4,7-8H2,1-2H3. The van der Waals surface area contributed by atoms with Crippen LogP contribution in [-0.4, -0.2) is 11.6 Å². The second-order valence-corrected chi connectivity index (χ2v) is 2.11. The van der Waals surface area contributed by atoms with E-state index in [1.54, 1.807) is 11.2 Å². The fraction of sp³-hybridized carbons (Fsp3) is 0.667. The Hall–Kier alpha value is -0.700. The van der Waals surface area contributed by atoms with E-state index in [1.807, 2.05) is 6.92 Å². The summed E-state index contributed by atoms with van der Waals surface area (Å²) in [6.07, 6.45) is 2.77. The van der Waals surface area contributed by atoms with Gasteiger partial charge in [0.1, 0.15) is 0 Å². The minimum absolute atomic E-state index is 0.742. The highest BCUT2D eigenvalue weighted by Crippen LogP contribution is 1.86. The minimum atomic E-state index is 0.742. The third kappa shape index (κ3) is 5.17. The van der Waals surface area contributed by atoms with Gasteiger partial charge in [0, 0.05) is 18.4 Å². The molecule has 0 aliphatic carbocycles. The molecule has 0 radical (unpaired) electrons. The lowest BCUT2D eigenvalue weighted by Crippen LogP contribution is -2.26. The van der Waals surface area contributed by atoms with Gasteiger partial charge >= 0.3 is 0 Å². The molecule has 0 unspecified atom stereocenters. The Labute approximate surface area is 56.3 Å². The Morgan fingerprint density at radius 2 is 2.22 bits per heavy atom. The zero-order valence-electron chi connectivity index (χ0n) is 6.09. The number of rotatable bonds is 3. The van der Waals surface area contributed by atoms with Gasteiger partial charge in [-0.15, -0.1) is 0 Å². The summed E-state index contributed by atoms with van der Waals surface area (Å²) < 4.78 is 0. The van der Waals surface area contributed by atoms with Crippen molar-refractivity contribution in [1.82, 2.24) is 5.01 Å². The van der Waals surface area contributed by atoms with Crippen LogP contribution in [0.1, 0.15) is 20.3 Å². The molecule has 0 bridgehead atoms. The smallest absolute Gasteiger partial charge is 0.0340 e. The van der Waals surface area contributed by atoms with Crippen LogP contribution in [-0.2, 0) is 0 Å². The first kappa shape index (κ1) is 8.30. The van der Waals surface area contributed by atoms with Gasteiger partial charge in [0.2, 0.25) is 0 Å². The molecule has 3 heteroatoms. The molecule has 0 amide bonds. The molecule has 9 heavy (non-hydrogen) atoms. The highest BCUT2D eigenvalue weighted by atomic mass is 15.4. The fourth-order valence-electron chi connectivity index (χ4n) is 0.584. The van der Waals surface area contributed by atoms with Gasteiger partial charge in [-0.2, -0.15) is 0 Å². The zero-order chi connectivity index (χ0) is 7.28. The second-order valence-electron chi connectivity index (χ2n) is 2.11. The maximum Gasteiger partial charge on any atom is 0.0340 e. The van der Waals surface area contributed by atoms with Gasteiger partial charge in [0.25, 0.3) is 0 Å². The minimum Gasteiger partial charge on any atom is -0.401 e. The Morgan fingerprint density at radius 1 is 1.67 bits per heavy atom. The molecule has 0 aromatic rings. The van der Waals surface area contributed by atoms with E-state index in [4.69, 9.17) is 11.6 Å². The van der Waals surface area contributed by atoms with Crippen LogP contribution in [0.25, 0.3) is 0 Å². The van der Waals surface area contributed by atoms with Gasteiger partial charge in [0.15, 0.2) is 0 Å². The SMILES string of the molecule is CCCN(N)C=C(C)N. The first-order chi connectivity index (χ1) is 4.16. The summed E-state index contributed by atoms with van der Waals surface area (Å²) in [6.45, 7) is 4.74. The van der Waals surface area contributed by atoms with Crippen LogP contribution in [0, 0.1) is 0 Å². The molecule has 54 valence electrons. The average Bonchev–Trinajstić information content (AvgIpc) is 1.63. The van der Waals surface area contributed by atoms with Crippen LogP contribution < -0.4 is 11.6 Å². The zero-order valence-corrected chi connectivity index (χ0v) is 6.09. The van der Waals surface area contributed by atoms with Crippen molar-refractivity contribution in [1.29, 1.82) is 0 Å².